The lowest BCUT2D eigenvalue weighted by molar-refractivity contribution is 0.417. The van der Waals surface area contributed by atoms with Crippen molar-refractivity contribution in [1.82, 2.24) is 0 Å². The van der Waals surface area contributed by atoms with Crippen LogP contribution < -0.4 is 15.2 Å². The summed E-state index contributed by atoms with van der Waals surface area (Å²) in [6.07, 6.45) is 0. The van der Waals surface area contributed by atoms with Crippen molar-refractivity contribution in [3.8, 4) is 5.75 Å². The number of hydrogen-bond acceptors (Lipinski definition) is 4. The minimum atomic E-state index is -3.39. The predicted molar refractivity (Wildman–Crippen MR) is 64.2 cm³/mol. The smallest absolute Gasteiger partial charge is 0.234 e. The summed E-state index contributed by atoms with van der Waals surface area (Å²) in [5.74, 6) is 0.385. The lowest BCUT2D eigenvalue weighted by Crippen LogP contribution is -2.22. The Labute approximate surface area is 95.7 Å². The van der Waals surface area contributed by atoms with Crippen molar-refractivity contribution < 1.29 is 13.2 Å². The molecule has 3 N–H and O–H groups in total. The molecule has 0 aliphatic rings. The van der Waals surface area contributed by atoms with E-state index < -0.39 is 10.0 Å². The van der Waals surface area contributed by atoms with Crippen molar-refractivity contribution in [3.05, 3.63) is 23.8 Å². The van der Waals surface area contributed by atoms with Gasteiger partial charge in [0.1, 0.15) is 5.75 Å². The second-order valence-corrected chi connectivity index (χ2v) is 5.26. The van der Waals surface area contributed by atoms with Crippen molar-refractivity contribution in [2.75, 3.05) is 24.1 Å². The van der Waals surface area contributed by atoms with E-state index in [-0.39, 0.29) is 12.3 Å². The third-order valence-electron chi connectivity index (χ3n) is 2.01. The lowest BCUT2D eigenvalue weighted by atomic mass is 10.2. The zero-order valence-electron chi connectivity index (χ0n) is 9.36. The Hall–Kier alpha value is -1.27. The molecule has 90 valence electrons. The molecular formula is C10H16N2O3S. The van der Waals surface area contributed by atoms with Gasteiger partial charge in [0, 0.05) is 6.54 Å². The van der Waals surface area contributed by atoms with E-state index in [1.807, 2.05) is 13.0 Å². The molecule has 6 heteroatoms. The van der Waals surface area contributed by atoms with Crippen LogP contribution in [0, 0.1) is 6.92 Å². The predicted octanol–water partition coefficient (Wildman–Crippen LogP) is 0.704. The fourth-order valence-electron chi connectivity index (χ4n) is 1.28. The molecule has 0 saturated carbocycles. The highest BCUT2D eigenvalue weighted by Crippen LogP contribution is 2.26. The molecule has 5 nitrogen and oxygen atoms in total. The van der Waals surface area contributed by atoms with Crippen molar-refractivity contribution >= 4 is 15.7 Å². The molecule has 0 unspecified atom stereocenters. The van der Waals surface area contributed by atoms with E-state index in [0.29, 0.717) is 11.4 Å². The van der Waals surface area contributed by atoms with Crippen LogP contribution in [-0.4, -0.2) is 27.8 Å². The zero-order chi connectivity index (χ0) is 12.2. The standard InChI is InChI=1S/C10H16N2O3S/c1-8-3-4-10(15-2)9(7-8)12-16(13,14)6-5-11/h3-4,7,12H,5-6,11H2,1-2H3. The number of aryl methyl sites for hydroxylation is 1. The number of hydrogen-bond donors (Lipinski definition) is 2. The maximum Gasteiger partial charge on any atom is 0.234 e. The van der Waals surface area contributed by atoms with E-state index in [1.165, 1.54) is 7.11 Å². The number of nitrogens with one attached hydrogen (secondary N) is 1. The zero-order valence-corrected chi connectivity index (χ0v) is 10.2. The number of benzene rings is 1. The van der Waals surface area contributed by atoms with Gasteiger partial charge < -0.3 is 10.5 Å². The van der Waals surface area contributed by atoms with E-state index in [0.717, 1.165) is 5.56 Å². The summed E-state index contributed by atoms with van der Waals surface area (Å²) < 4.78 is 30.6. The second kappa shape index (κ2) is 5.18. The Kier molecular flexibility index (Phi) is 4.14. The van der Waals surface area contributed by atoms with Crippen molar-refractivity contribution in [1.29, 1.82) is 0 Å². The number of ether oxygens (including phenoxy) is 1. The summed E-state index contributed by atoms with van der Waals surface area (Å²) in [5, 5.41) is 0. The van der Waals surface area contributed by atoms with Crippen LogP contribution in [0.2, 0.25) is 0 Å². The lowest BCUT2D eigenvalue weighted by Gasteiger charge is -2.11. The van der Waals surface area contributed by atoms with Gasteiger partial charge in [0.2, 0.25) is 10.0 Å². The van der Waals surface area contributed by atoms with Gasteiger partial charge in [-0.25, -0.2) is 8.42 Å². The van der Waals surface area contributed by atoms with Crippen LogP contribution >= 0.6 is 0 Å². The Morgan fingerprint density at radius 2 is 2.12 bits per heavy atom. The third kappa shape index (κ3) is 3.39. The highest BCUT2D eigenvalue weighted by Gasteiger charge is 2.12. The van der Waals surface area contributed by atoms with Crippen LogP contribution in [-0.2, 0) is 10.0 Å². The van der Waals surface area contributed by atoms with E-state index >= 15 is 0 Å². The molecule has 0 aromatic heterocycles. The molecule has 0 fully saturated rings. The van der Waals surface area contributed by atoms with Gasteiger partial charge in [-0.05, 0) is 24.6 Å². The molecule has 16 heavy (non-hydrogen) atoms. The van der Waals surface area contributed by atoms with Crippen molar-refractivity contribution in [2.45, 2.75) is 6.92 Å². The fourth-order valence-corrected chi connectivity index (χ4v) is 2.18. The van der Waals surface area contributed by atoms with E-state index in [1.54, 1.807) is 12.1 Å². The molecule has 1 aromatic carbocycles. The average Bonchev–Trinajstić information content (AvgIpc) is 2.17. The van der Waals surface area contributed by atoms with Crippen LogP contribution in [0.4, 0.5) is 5.69 Å². The number of nitrogens with two attached hydrogens (primary N) is 1. The first-order valence-electron chi connectivity index (χ1n) is 4.83. The first kappa shape index (κ1) is 12.8. The van der Waals surface area contributed by atoms with Gasteiger partial charge in [-0.15, -0.1) is 0 Å². The molecular weight excluding hydrogens is 228 g/mol. The van der Waals surface area contributed by atoms with Crippen LogP contribution in [0.3, 0.4) is 0 Å². The Morgan fingerprint density at radius 3 is 2.69 bits per heavy atom. The summed E-state index contributed by atoms with van der Waals surface area (Å²) in [6, 6.07) is 5.28. The number of methoxy groups -OCH3 is 1. The summed E-state index contributed by atoms with van der Waals surface area (Å²) in [6.45, 7) is 1.96. The molecule has 0 spiro atoms. The fraction of sp³-hybridized carbons (Fsp3) is 0.400. The average molecular weight is 244 g/mol. The van der Waals surface area contributed by atoms with Crippen molar-refractivity contribution in [3.63, 3.8) is 0 Å². The maximum atomic E-state index is 11.5. The van der Waals surface area contributed by atoms with Gasteiger partial charge in [0.05, 0.1) is 18.6 Å². The quantitative estimate of drug-likeness (QED) is 0.799. The Bertz CT molecular complexity index is 457. The van der Waals surface area contributed by atoms with Gasteiger partial charge in [-0.1, -0.05) is 6.07 Å². The highest BCUT2D eigenvalue weighted by molar-refractivity contribution is 7.92. The summed E-state index contributed by atoms with van der Waals surface area (Å²) >= 11 is 0. The second-order valence-electron chi connectivity index (χ2n) is 3.41. The first-order chi connectivity index (χ1) is 7.48. The Balaban J connectivity index is 3.00. The van der Waals surface area contributed by atoms with Gasteiger partial charge in [-0.2, -0.15) is 0 Å². The van der Waals surface area contributed by atoms with Gasteiger partial charge in [0.25, 0.3) is 0 Å². The van der Waals surface area contributed by atoms with Crippen LogP contribution in [0.25, 0.3) is 0 Å². The molecule has 0 aliphatic carbocycles. The third-order valence-corrected chi connectivity index (χ3v) is 3.31. The summed E-state index contributed by atoms with van der Waals surface area (Å²) in [7, 11) is -1.90. The van der Waals surface area contributed by atoms with E-state index in [2.05, 4.69) is 4.72 Å². The molecule has 0 heterocycles. The van der Waals surface area contributed by atoms with Crippen molar-refractivity contribution in [2.24, 2.45) is 5.73 Å². The first-order valence-corrected chi connectivity index (χ1v) is 6.49. The number of anilines is 1. The molecule has 0 saturated heterocycles. The highest BCUT2D eigenvalue weighted by atomic mass is 32.2. The topological polar surface area (TPSA) is 81.4 Å². The van der Waals surface area contributed by atoms with Crippen LogP contribution in [0.5, 0.6) is 5.75 Å². The van der Waals surface area contributed by atoms with E-state index in [9.17, 15) is 8.42 Å². The van der Waals surface area contributed by atoms with Crippen LogP contribution in [0.1, 0.15) is 5.56 Å². The number of sulfonamides is 1. The molecule has 0 amide bonds. The van der Waals surface area contributed by atoms with Crippen LogP contribution in [0.15, 0.2) is 18.2 Å². The van der Waals surface area contributed by atoms with E-state index in [4.69, 9.17) is 10.5 Å². The molecule has 1 aromatic rings. The Morgan fingerprint density at radius 1 is 1.44 bits per heavy atom. The van der Waals surface area contributed by atoms with Gasteiger partial charge in [0.15, 0.2) is 0 Å². The molecule has 0 radical (unpaired) electrons. The summed E-state index contributed by atoms with van der Waals surface area (Å²) in [5.41, 5.74) is 6.61. The normalized spacial score (nSPS) is 11.2. The molecule has 1 rings (SSSR count). The minimum Gasteiger partial charge on any atom is -0.495 e. The number of rotatable bonds is 5. The summed E-state index contributed by atoms with van der Waals surface area (Å²) in [4.78, 5) is 0. The largest absolute Gasteiger partial charge is 0.495 e. The minimum absolute atomic E-state index is 0.0868. The molecule has 0 atom stereocenters. The SMILES string of the molecule is COc1ccc(C)cc1NS(=O)(=O)CCN. The maximum absolute atomic E-state index is 11.5. The van der Waals surface area contributed by atoms with Gasteiger partial charge in [-0.3, -0.25) is 4.72 Å². The molecule has 0 aliphatic heterocycles. The molecule has 0 bridgehead atoms. The van der Waals surface area contributed by atoms with Gasteiger partial charge >= 0.3 is 0 Å². The monoisotopic (exact) mass is 244 g/mol.